The second-order valence-electron chi connectivity index (χ2n) is 11.3. The van der Waals surface area contributed by atoms with E-state index in [0.29, 0.717) is 5.82 Å². The second kappa shape index (κ2) is 9.35. The molecule has 0 bridgehead atoms. The van der Waals surface area contributed by atoms with Gasteiger partial charge in [-0.2, -0.15) is 0 Å². The molecule has 0 aliphatic rings. The summed E-state index contributed by atoms with van der Waals surface area (Å²) >= 11 is 0. The van der Waals surface area contributed by atoms with Crippen molar-refractivity contribution in [2.45, 2.75) is 26.2 Å². The molecule has 4 heteroatoms. The van der Waals surface area contributed by atoms with E-state index in [1.54, 1.807) is 0 Å². The number of hydrogen-bond donors (Lipinski definition) is 0. The van der Waals surface area contributed by atoms with Crippen molar-refractivity contribution in [1.82, 2.24) is 19.3 Å². The van der Waals surface area contributed by atoms with Crippen LogP contribution in [-0.4, -0.2) is 19.3 Å². The monoisotopic (exact) mass is 518 g/mol. The van der Waals surface area contributed by atoms with E-state index in [2.05, 4.69) is 135 Å². The Bertz CT molecular complexity index is 1900. The van der Waals surface area contributed by atoms with Crippen molar-refractivity contribution in [2.75, 3.05) is 0 Å². The average molecular weight is 519 g/mol. The van der Waals surface area contributed by atoms with Crippen LogP contribution in [0.25, 0.3) is 56.0 Å². The van der Waals surface area contributed by atoms with Crippen molar-refractivity contribution in [2.24, 2.45) is 0 Å². The van der Waals surface area contributed by atoms with Gasteiger partial charge in [-0.1, -0.05) is 112 Å². The van der Waals surface area contributed by atoms with Crippen LogP contribution < -0.4 is 0 Å². The van der Waals surface area contributed by atoms with Crippen LogP contribution in [0.5, 0.6) is 0 Å². The summed E-state index contributed by atoms with van der Waals surface area (Å²) in [5.41, 5.74) is 7.89. The molecule has 194 valence electrons. The summed E-state index contributed by atoms with van der Waals surface area (Å²) in [7, 11) is 0. The molecule has 0 atom stereocenters. The Morgan fingerprint density at radius 2 is 1.07 bits per heavy atom. The predicted molar refractivity (Wildman–Crippen MR) is 165 cm³/mol. The van der Waals surface area contributed by atoms with Crippen LogP contribution in [-0.2, 0) is 5.41 Å². The van der Waals surface area contributed by atoms with E-state index in [1.807, 2.05) is 22.9 Å². The van der Waals surface area contributed by atoms with Gasteiger partial charge in [0.25, 0.3) is 0 Å². The molecule has 0 saturated carbocycles. The minimum absolute atomic E-state index is 0.0873. The van der Waals surface area contributed by atoms with Crippen LogP contribution >= 0.6 is 0 Å². The molecule has 0 N–H and O–H groups in total. The number of rotatable bonds is 4. The maximum Gasteiger partial charge on any atom is 0.182 e. The molecule has 5 aromatic carbocycles. The Balaban J connectivity index is 1.35. The van der Waals surface area contributed by atoms with Gasteiger partial charge in [-0.3, -0.25) is 0 Å². The Morgan fingerprint density at radius 3 is 1.68 bits per heavy atom. The van der Waals surface area contributed by atoms with Gasteiger partial charge in [0.05, 0.1) is 16.7 Å². The third-order valence-electron chi connectivity index (χ3n) is 7.58. The van der Waals surface area contributed by atoms with E-state index in [0.717, 1.165) is 28.3 Å². The lowest BCUT2D eigenvalue weighted by Gasteiger charge is -2.19. The van der Waals surface area contributed by atoms with Crippen molar-refractivity contribution in [3.05, 3.63) is 133 Å². The Hall–Kier alpha value is -4.96. The van der Waals surface area contributed by atoms with Crippen molar-refractivity contribution in [1.29, 1.82) is 0 Å². The summed E-state index contributed by atoms with van der Waals surface area (Å²) in [5.74, 6) is 1.53. The number of aromatic nitrogens is 4. The summed E-state index contributed by atoms with van der Waals surface area (Å²) in [4.78, 5) is 5.02. The van der Waals surface area contributed by atoms with Crippen LogP contribution in [0.1, 0.15) is 26.3 Å². The largest absolute Gasteiger partial charge is 0.309 e. The molecular formula is C36H30N4. The lowest BCUT2D eigenvalue weighted by molar-refractivity contribution is 0.590. The summed E-state index contributed by atoms with van der Waals surface area (Å²) in [6.45, 7) is 6.70. The predicted octanol–water partition coefficient (Wildman–Crippen LogP) is 9.00. The molecule has 0 amide bonds. The lowest BCUT2D eigenvalue weighted by atomic mass is 9.87. The minimum Gasteiger partial charge on any atom is -0.309 e. The zero-order chi connectivity index (χ0) is 27.3. The first kappa shape index (κ1) is 24.1. The van der Waals surface area contributed by atoms with Gasteiger partial charge in [-0.05, 0) is 47.4 Å². The molecule has 0 saturated heterocycles. The normalized spacial score (nSPS) is 11.9. The Morgan fingerprint density at radius 1 is 0.525 bits per heavy atom. The van der Waals surface area contributed by atoms with E-state index in [9.17, 15) is 0 Å². The maximum absolute atomic E-state index is 5.02. The standard InChI is InChI=1S/C36H30N4/c1-36(2,3)27-19-17-26(18-20-27)35-37-34(25-11-5-4-6-12-25)38-40(35)29-23-21-28(22-24-29)39-32-15-9-7-13-30(32)31-14-8-10-16-33(31)39/h4-24H,1-3H3. The van der Waals surface area contributed by atoms with E-state index < -0.39 is 0 Å². The fraction of sp³-hybridized carbons (Fsp3) is 0.111. The highest BCUT2D eigenvalue weighted by Gasteiger charge is 2.18. The van der Waals surface area contributed by atoms with Crippen LogP contribution in [0.4, 0.5) is 0 Å². The Labute approximate surface area is 234 Å². The van der Waals surface area contributed by atoms with E-state index in [1.165, 1.54) is 27.4 Å². The minimum atomic E-state index is 0.0873. The van der Waals surface area contributed by atoms with Gasteiger partial charge in [0.1, 0.15) is 0 Å². The first-order valence-electron chi connectivity index (χ1n) is 13.7. The fourth-order valence-electron chi connectivity index (χ4n) is 5.45. The summed E-state index contributed by atoms with van der Waals surface area (Å²) in [5, 5.41) is 7.50. The smallest absolute Gasteiger partial charge is 0.182 e. The molecule has 0 spiro atoms. The van der Waals surface area contributed by atoms with Crippen molar-refractivity contribution in [3.63, 3.8) is 0 Å². The van der Waals surface area contributed by atoms with Crippen LogP contribution in [0.15, 0.2) is 127 Å². The SMILES string of the molecule is CC(C)(C)c1ccc(-c2nc(-c3ccccc3)nn2-c2ccc(-n3c4ccccc4c4ccccc43)cc2)cc1. The fourth-order valence-corrected chi connectivity index (χ4v) is 5.45. The van der Waals surface area contributed by atoms with Crippen LogP contribution in [0, 0.1) is 0 Å². The Kier molecular flexibility index (Phi) is 5.64. The molecule has 40 heavy (non-hydrogen) atoms. The van der Waals surface area contributed by atoms with E-state index >= 15 is 0 Å². The maximum atomic E-state index is 5.02. The third kappa shape index (κ3) is 4.09. The summed E-state index contributed by atoms with van der Waals surface area (Å²) in [6.07, 6.45) is 0. The van der Waals surface area contributed by atoms with Crippen molar-refractivity contribution >= 4 is 21.8 Å². The van der Waals surface area contributed by atoms with Crippen LogP contribution in [0.3, 0.4) is 0 Å². The molecule has 0 radical (unpaired) electrons. The molecule has 0 aliphatic heterocycles. The molecule has 0 unspecified atom stereocenters. The van der Waals surface area contributed by atoms with Gasteiger partial charge in [-0.15, -0.1) is 5.10 Å². The quantitative estimate of drug-likeness (QED) is 0.233. The molecule has 2 heterocycles. The molecule has 7 rings (SSSR count). The molecule has 0 aliphatic carbocycles. The highest BCUT2D eigenvalue weighted by atomic mass is 15.4. The first-order valence-corrected chi connectivity index (χ1v) is 13.7. The average Bonchev–Trinajstić information content (AvgIpc) is 3.58. The highest BCUT2D eigenvalue weighted by molar-refractivity contribution is 6.09. The number of para-hydroxylation sites is 2. The van der Waals surface area contributed by atoms with Crippen LogP contribution in [0.2, 0.25) is 0 Å². The molecular weight excluding hydrogens is 488 g/mol. The van der Waals surface area contributed by atoms with Crippen molar-refractivity contribution in [3.8, 4) is 34.2 Å². The molecule has 7 aromatic rings. The molecule has 2 aromatic heterocycles. The zero-order valence-electron chi connectivity index (χ0n) is 22.9. The topological polar surface area (TPSA) is 35.6 Å². The van der Waals surface area contributed by atoms with E-state index in [4.69, 9.17) is 10.1 Å². The molecule has 4 nitrogen and oxygen atoms in total. The van der Waals surface area contributed by atoms with E-state index in [-0.39, 0.29) is 5.41 Å². The number of benzene rings is 5. The first-order chi connectivity index (χ1) is 19.5. The van der Waals surface area contributed by atoms with Gasteiger partial charge in [0, 0.05) is 27.6 Å². The van der Waals surface area contributed by atoms with Gasteiger partial charge < -0.3 is 4.57 Å². The van der Waals surface area contributed by atoms with Gasteiger partial charge in [0.15, 0.2) is 11.6 Å². The van der Waals surface area contributed by atoms with Crippen molar-refractivity contribution < 1.29 is 0 Å². The zero-order valence-corrected chi connectivity index (χ0v) is 22.9. The summed E-state index contributed by atoms with van der Waals surface area (Å²) in [6, 6.07) is 44.7. The lowest BCUT2D eigenvalue weighted by Crippen LogP contribution is -2.10. The second-order valence-corrected chi connectivity index (χ2v) is 11.3. The van der Waals surface area contributed by atoms with Gasteiger partial charge in [-0.25, -0.2) is 9.67 Å². The number of fused-ring (bicyclic) bond motifs is 3. The number of hydrogen-bond acceptors (Lipinski definition) is 2. The summed E-state index contributed by atoms with van der Waals surface area (Å²) < 4.78 is 4.29. The number of nitrogens with zero attached hydrogens (tertiary/aromatic N) is 4. The van der Waals surface area contributed by atoms with Gasteiger partial charge >= 0.3 is 0 Å². The highest BCUT2D eigenvalue weighted by Crippen LogP contribution is 2.33. The third-order valence-corrected chi connectivity index (χ3v) is 7.58. The van der Waals surface area contributed by atoms with Gasteiger partial charge in [0.2, 0.25) is 0 Å². The molecule has 0 fully saturated rings.